The van der Waals surface area contributed by atoms with Gasteiger partial charge in [-0.15, -0.1) is 0 Å². The van der Waals surface area contributed by atoms with Crippen LogP contribution in [0.2, 0.25) is 0 Å². The monoisotopic (exact) mass is 438 g/mol. The molecule has 0 aliphatic carbocycles. The summed E-state index contributed by atoms with van der Waals surface area (Å²) in [4.78, 5) is 60.4. The van der Waals surface area contributed by atoms with E-state index in [2.05, 4.69) is 19.6 Å². The summed E-state index contributed by atoms with van der Waals surface area (Å²) >= 11 is 0. The molecule has 0 aromatic carbocycles. The average Bonchev–Trinajstić information content (AvgIpc) is 2.52. The van der Waals surface area contributed by atoms with Gasteiger partial charge in [0.1, 0.15) is 24.4 Å². The minimum atomic E-state index is -0.615. The van der Waals surface area contributed by atoms with Gasteiger partial charge in [-0.25, -0.2) is 9.59 Å². The minimum Gasteiger partial charge on any atom is -0.299 e. The molecule has 0 heterocycles. The van der Waals surface area contributed by atoms with Gasteiger partial charge < -0.3 is 0 Å². The van der Waals surface area contributed by atoms with Gasteiger partial charge in [0, 0.05) is 39.0 Å². The molecule has 9 heteroatoms. The Hall–Kier alpha value is -0.917. The third-order valence-corrected chi connectivity index (χ3v) is 2.28. The van der Waals surface area contributed by atoms with Crippen molar-refractivity contribution in [3.8, 4) is 0 Å². The Balaban J connectivity index is -0.000000372. The van der Waals surface area contributed by atoms with Gasteiger partial charge in [-0.05, 0) is 26.7 Å². The zero-order valence-corrected chi connectivity index (χ0v) is 17.9. The first-order valence-electron chi connectivity index (χ1n) is 8.09. The molecule has 0 fully saturated rings. The molecule has 0 aliphatic rings. The maximum Gasteiger partial charge on any atom is 0.349 e. The summed E-state index contributed by atoms with van der Waals surface area (Å²) in [6, 6.07) is 0. The van der Waals surface area contributed by atoms with Crippen LogP contribution in [0.25, 0.3) is 0 Å². The number of rotatable bonds is 12. The molecule has 0 unspecified atom stereocenters. The SMILES string of the molecule is CCCC(=O)CC(=O)OOCC.CCCC(=O)CC(=O)OOCC.[Zr]. The molecule has 144 valence electrons. The molecule has 0 N–H and O–H groups in total. The van der Waals surface area contributed by atoms with Gasteiger partial charge in [0.15, 0.2) is 0 Å². The van der Waals surface area contributed by atoms with Crippen LogP contribution in [0.4, 0.5) is 0 Å². The van der Waals surface area contributed by atoms with Crippen molar-refractivity contribution >= 4 is 23.5 Å². The second-order valence-corrected chi connectivity index (χ2v) is 4.65. The van der Waals surface area contributed by atoms with Crippen molar-refractivity contribution in [3.05, 3.63) is 0 Å². The van der Waals surface area contributed by atoms with E-state index in [9.17, 15) is 19.2 Å². The molecule has 0 saturated heterocycles. The Labute approximate surface area is 167 Å². The minimum absolute atomic E-state index is 0. The number of hydrogen-bond donors (Lipinski definition) is 0. The van der Waals surface area contributed by atoms with Gasteiger partial charge in [0.05, 0.1) is 13.2 Å². The Kier molecular flexibility index (Phi) is 24.4. The molecular formula is C16H28O8Zr. The zero-order chi connectivity index (χ0) is 18.8. The Morgan fingerprint density at radius 2 is 0.960 bits per heavy atom. The van der Waals surface area contributed by atoms with Gasteiger partial charge in [-0.3, -0.25) is 19.4 Å². The first-order chi connectivity index (χ1) is 11.4. The molecule has 8 nitrogen and oxygen atoms in total. The number of ketones is 2. The third kappa shape index (κ3) is 23.1. The smallest absolute Gasteiger partial charge is 0.299 e. The van der Waals surface area contributed by atoms with Gasteiger partial charge >= 0.3 is 11.9 Å². The predicted octanol–water partition coefficient (Wildman–Crippen LogP) is 2.48. The van der Waals surface area contributed by atoms with Crippen LogP contribution in [-0.4, -0.2) is 36.7 Å². The van der Waals surface area contributed by atoms with Crippen LogP contribution in [0, 0.1) is 0 Å². The second-order valence-electron chi connectivity index (χ2n) is 4.65. The van der Waals surface area contributed by atoms with E-state index in [-0.39, 0.29) is 50.6 Å². The third-order valence-electron chi connectivity index (χ3n) is 2.28. The predicted molar refractivity (Wildman–Crippen MR) is 84.5 cm³/mol. The van der Waals surface area contributed by atoms with Gasteiger partial charge in [-0.1, -0.05) is 13.8 Å². The van der Waals surface area contributed by atoms with Crippen LogP contribution < -0.4 is 0 Å². The molecule has 0 amide bonds. The molecule has 0 aromatic heterocycles. The van der Waals surface area contributed by atoms with Gasteiger partial charge in [0.25, 0.3) is 0 Å². The molecule has 0 aromatic rings. The Morgan fingerprint density at radius 1 is 0.640 bits per heavy atom. The molecule has 0 spiro atoms. The second kappa shape index (κ2) is 21.1. The summed E-state index contributed by atoms with van der Waals surface area (Å²) < 4.78 is 0. The van der Waals surface area contributed by atoms with E-state index < -0.39 is 11.9 Å². The average molecular weight is 440 g/mol. The number of hydrogen-bond acceptors (Lipinski definition) is 8. The number of Topliss-reactive ketones (excluding diaryl/α,β-unsaturated/α-hetero) is 2. The fourth-order valence-corrected chi connectivity index (χ4v) is 1.36. The topological polar surface area (TPSA) is 105 Å². The van der Waals surface area contributed by atoms with Crippen LogP contribution >= 0.6 is 0 Å². The van der Waals surface area contributed by atoms with Crippen molar-refractivity contribution < 1.29 is 64.9 Å². The molecule has 0 aliphatic heterocycles. The molecular weight excluding hydrogens is 411 g/mol. The fraction of sp³-hybridized carbons (Fsp3) is 0.750. The van der Waals surface area contributed by atoms with Crippen molar-refractivity contribution in [2.45, 2.75) is 66.2 Å². The van der Waals surface area contributed by atoms with E-state index in [4.69, 9.17) is 0 Å². The van der Waals surface area contributed by atoms with E-state index >= 15 is 0 Å². The van der Waals surface area contributed by atoms with Crippen LogP contribution in [0.5, 0.6) is 0 Å². The first-order valence-corrected chi connectivity index (χ1v) is 8.09. The van der Waals surface area contributed by atoms with Crippen molar-refractivity contribution in [3.63, 3.8) is 0 Å². The number of carbonyl (C=O) groups excluding carboxylic acids is 4. The van der Waals surface area contributed by atoms with Crippen LogP contribution in [-0.2, 0) is 64.9 Å². The summed E-state index contributed by atoms with van der Waals surface area (Å²) in [5.74, 6) is -1.45. The van der Waals surface area contributed by atoms with Crippen molar-refractivity contribution in [1.82, 2.24) is 0 Å². The Morgan fingerprint density at radius 3 is 1.20 bits per heavy atom. The molecule has 0 atom stereocenters. The van der Waals surface area contributed by atoms with E-state index in [1.807, 2.05) is 13.8 Å². The van der Waals surface area contributed by atoms with Gasteiger partial charge in [0.2, 0.25) is 0 Å². The van der Waals surface area contributed by atoms with Crippen molar-refractivity contribution in [2.24, 2.45) is 0 Å². The zero-order valence-electron chi connectivity index (χ0n) is 15.4. The molecule has 0 saturated carbocycles. The molecule has 0 radical (unpaired) electrons. The molecule has 0 rings (SSSR count). The normalized spacial score (nSPS) is 9.12. The summed E-state index contributed by atoms with van der Waals surface area (Å²) in [6.45, 7) is 7.75. The number of carbonyl (C=O) groups is 4. The summed E-state index contributed by atoms with van der Waals surface area (Å²) in [5.41, 5.74) is 0. The van der Waals surface area contributed by atoms with Crippen LogP contribution in [0.1, 0.15) is 66.2 Å². The maximum atomic E-state index is 10.9. The summed E-state index contributed by atoms with van der Waals surface area (Å²) in [5, 5.41) is 0. The quantitative estimate of drug-likeness (QED) is 0.259. The van der Waals surface area contributed by atoms with E-state index in [1.165, 1.54) is 0 Å². The van der Waals surface area contributed by atoms with Crippen LogP contribution in [0.15, 0.2) is 0 Å². The summed E-state index contributed by atoms with van der Waals surface area (Å²) in [6.07, 6.45) is 1.96. The van der Waals surface area contributed by atoms with Crippen molar-refractivity contribution in [2.75, 3.05) is 13.2 Å². The van der Waals surface area contributed by atoms with Gasteiger partial charge in [-0.2, -0.15) is 9.78 Å². The first kappa shape index (κ1) is 28.9. The summed E-state index contributed by atoms with van der Waals surface area (Å²) in [7, 11) is 0. The fourth-order valence-electron chi connectivity index (χ4n) is 1.36. The largest absolute Gasteiger partial charge is 0.349 e. The maximum absolute atomic E-state index is 10.9. The van der Waals surface area contributed by atoms with Crippen molar-refractivity contribution in [1.29, 1.82) is 0 Å². The molecule has 0 bridgehead atoms. The van der Waals surface area contributed by atoms with E-state index in [1.54, 1.807) is 13.8 Å². The Bertz CT molecular complexity index is 348. The molecule has 25 heavy (non-hydrogen) atoms. The standard InChI is InChI=1S/2C8H14O4.Zr/c2*1-3-5-7(9)6-8(10)12-11-4-2;/h2*3-6H2,1-2H3;. The van der Waals surface area contributed by atoms with E-state index in [0.29, 0.717) is 26.1 Å². The van der Waals surface area contributed by atoms with Crippen LogP contribution in [0.3, 0.4) is 0 Å². The van der Waals surface area contributed by atoms with E-state index in [0.717, 1.165) is 12.8 Å².